The van der Waals surface area contributed by atoms with Gasteiger partial charge < -0.3 is 15.8 Å². The lowest BCUT2D eigenvalue weighted by molar-refractivity contribution is 0.0940. The van der Waals surface area contributed by atoms with E-state index in [2.05, 4.69) is 5.32 Å². The van der Waals surface area contributed by atoms with Gasteiger partial charge in [-0.25, -0.2) is 0 Å². The number of hydrogen-bond acceptors (Lipinski definition) is 4. The molecular formula is C22H25N3O2. The van der Waals surface area contributed by atoms with Crippen LogP contribution in [0.4, 0.5) is 5.69 Å². The van der Waals surface area contributed by atoms with Crippen molar-refractivity contribution >= 4 is 17.3 Å². The van der Waals surface area contributed by atoms with E-state index in [0.717, 1.165) is 47.5 Å². The van der Waals surface area contributed by atoms with Gasteiger partial charge in [0, 0.05) is 23.0 Å². The molecule has 1 unspecified atom stereocenters. The number of hydrogen-bond donors (Lipinski definition) is 2. The van der Waals surface area contributed by atoms with Crippen molar-refractivity contribution in [3.05, 3.63) is 71.4 Å². The summed E-state index contributed by atoms with van der Waals surface area (Å²) in [6.07, 6.45) is 4.21. The highest BCUT2D eigenvalue weighted by Crippen LogP contribution is 2.26. The Labute approximate surface area is 160 Å². The Hall–Kier alpha value is -3.08. The van der Waals surface area contributed by atoms with E-state index in [-0.39, 0.29) is 11.9 Å². The van der Waals surface area contributed by atoms with Gasteiger partial charge in [0.25, 0.3) is 5.91 Å². The van der Waals surface area contributed by atoms with Crippen molar-refractivity contribution < 1.29 is 9.53 Å². The first-order valence-corrected chi connectivity index (χ1v) is 9.12. The highest BCUT2D eigenvalue weighted by molar-refractivity contribution is 6.04. The fourth-order valence-electron chi connectivity index (χ4n) is 3.33. The maximum absolute atomic E-state index is 12.7. The summed E-state index contributed by atoms with van der Waals surface area (Å²) in [4.78, 5) is 17.5. The minimum absolute atomic E-state index is 0.0804. The fourth-order valence-corrected chi connectivity index (χ4v) is 3.33. The minimum atomic E-state index is -0.132. The molecule has 2 aromatic rings. The summed E-state index contributed by atoms with van der Waals surface area (Å²) in [5.74, 6) is 0.712. The Balaban J connectivity index is 1.80. The quantitative estimate of drug-likeness (QED) is 0.865. The average molecular weight is 363 g/mol. The molecule has 0 bridgehead atoms. The highest BCUT2D eigenvalue weighted by Gasteiger charge is 2.26. The molecule has 0 aromatic heterocycles. The lowest BCUT2D eigenvalue weighted by atomic mass is 9.88. The number of ether oxygens (including phenoxy) is 1. The number of carbonyl (C=O) groups is 1. The molecule has 5 nitrogen and oxygen atoms in total. The Kier molecular flexibility index (Phi) is 5.91. The summed E-state index contributed by atoms with van der Waals surface area (Å²) >= 11 is 0. The van der Waals surface area contributed by atoms with E-state index in [1.807, 2.05) is 55.5 Å². The Morgan fingerprint density at radius 2 is 1.96 bits per heavy atom. The van der Waals surface area contributed by atoms with Gasteiger partial charge in [-0.3, -0.25) is 9.79 Å². The summed E-state index contributed by atoms with van der Waals surface area (Å²) in [5.41, 5.74) is 10.2. The number of rotatable bonds is 4. The van der Waals surface area contributed by atoms with Crippen LogP contribution in [-0.4, -0.2) is 24.8 Å². The van der Waals surface area contributed by atoms with Crippen LogP contribution < -0.4 is 15.8 Å². The highest BCUT2D eigenvalue weighted by atomic mass is 16.5. The molecule has 5 heteroatoms. The van der Waals surface area contributed by atoms with Crippen LogP contribution in [0.1, 0.15) is 35.2 Å². The van der Waals surface area contributed by atoms with E-state index in [9.17, 15) is 4.79 Å². The third-order valence-electron chi connectivity index (χ3n) is 4.83. The molecule has 27 heavy (non-hydrogen) atoms. The van der Waals surface area contributed by atoms with Crippen LogP contribution in [0.3, 0.4) is 0 Å². The second kappa shape index (κ2) is 8.54. The third kappa shape index (κ3) is 4.37. The van der Waals surface area contributed by atoms with E-state index in [4.69, 9.17) is 15.5 Å². The zero-order chi connectivity index (χ0) is 19.2. The maximum Gasteiger partial charge on any atom is 0.252 e. The molecule has 0 spiro atoms. The molecule has 1 aliphatic rings. The van der Waals surface area contributed by atoms with E-state index in [1.165, 1.54) is 0 Å². The molecule has 1 atom stereocenters. The monoisotopic (exact) mass is 363 g/mol. The van der Waals surface area contributed by atoms with Crippen LogP contribution in [0, 0.1) is 6.92 Å². The molecule has 1 fully saturated rings. The summed E-state index contributed by atoms with van der Waals surface area (Å²) in [7, 11) is 1.64. The van der Waals surface area contributed by atoms with Crippen LogP contribution in [-0.2, 0) is 0 Å². The number of benzene rings is 2. The molecule has 1 aliphatic carbocycles. The van der Waals surface area contributed by atoms with Crippen molar-refractivity contribution in [2.75, 3.05) is 7.11 Å². The van der Waals surface area contributed by atoms with Crippen molar-refractivity contribution in [1.29, 1.82) is 0 Å². The molecule has 0 aliphatic heterocycles. The van der Waals surface area contributed by atoms with Crippen LogP contribution in [0.25, 0.3) is 0 Å². The Morgan fingerprint density at radius 3 is 2.63 bits per heavy atom. The van der Waals surface area contributed by atoms with Gasteiger partial charge in [0.2, 0.25) is 0 Å². The minimum Gasteiger partial charge on any atom is -0.497 e. The largest absolute Gasteiger partial charge is 0.497 e. The number of aryl methyl sites for hydroxylation is 1. The summed E-state index contributed by atoms with van der Waals surface area (Å²) in [5, 5.41) is 3.12. The van der Waals surface area contributed by atoms with Crippen molar-refractivity contribution in [3.8, 4) is 5.75 Å². The standard InChI is InChI=1S/C22H25N3O2/c1-15-6-3-4-7-18(15)22(26)25-21-9-5-8-20(19(21)14-23)24-16-10-12-17(27-2)13-11-16/h3-4,6-7,10-14,21H,5,8-9,23H2,1-2H3,(H,25,26)/b19-14+,24-20?. The second-order valence-corrected chi connectivity index (χ2v) is 6.61. The van der Waals surface area contributed by atoms with Crippen LogP contribution in [0.5, 0.6) is 5.75 Å². The SMILES string of the molecule is COc1ccc(N=C2CCCC(NC(=O)c3ccccc3C)/C2=C/N)cc1. The van der Waals surface area contributed by atoms with Crippen LogP contribution in [0.2, 0.25) is 0 Å². The van der Waals surface area contributed by atoms with Crippen molar-refractivity contribution in [2.45, 2.75) is 32.2 Å². The van der Waals surface area contributed by atoms with Gasteiger partial charge in [-0.2, -0.15) is 0 Å². The topological polar surface area (TPSA) is 76.7 Å². The first-order valence-electron chi connectivity index (χ1n) is 9.12. The number of methoxy groups -OCH3 is 1. The molecule has 3 N–H and O–H groups in total. The van der Waals surface area contributed by atoms with Crippen molar-refractivity contribution in [3.63, 3.8) is 0 Å². The molecule has 0 radical (unpaired) electrons. The summed E-state index contributed by atoms with van der Waals surface area (Å²) in [6, 6.07) is 15.0. The molecule has 0 saturated heterocycles. The lowest BCUT2D eigenvalue weighted by Crippen LogP contribution is -2.41. The number of nitrogens with two attached hydrogens (primary N) is 1. The average Bonchev–Trinajstić information content (AvgIpc) is 2.69. The Bertz CT molecular complexity index is 869. The maximum atomic E-state index is 12.7. The zero-order valence-electron chi connectivity index (χ0n) is 15.7. The fraction of sp³-hybridized carbons (Fsp3) is 0.273. The molecule has 140 valence electrons. The van der Waals surface area contributed by atoms with Crippen molar-refractivity contribution in [2.24, 2.45) is 10.7 Å². The zero-order valence-corrected chi connectivity index (χ0v) is 15.7. The molecular weight excluding hydrogens is 338 g/mol. The normalized spacial score (nSPS) is 19.9. The number of nitrogens with one attached hydrogen (secondary N) is 1. The first kappa shape index (κ1) is 18.7. The van der Waals surface area contributed by atoms with Crippen molar-refractivity contribution in [1.82, 2.24) is 5.32 Å². The number of aliphatic imine (C=N–C) groups is 1. The Morgan fingerprint density at radius 1 is 1.22 bits per heavy atom. The molecule has 1 saturated carbocycles. The van der Waals surface area contributed by atoms with Crippen LogP contribution >= 0.6 is 0 Å². The molecule has 3 rings (SSSR count). The van der Waals surface area contributed by atoms with Gasteiger partial charge in [-0.1, -0.05) is 18.2 Å². The van der Waals surface area contributed by atoms with Gasteiger partial charge in [-0.05, 0) is 62.1 Å². The van der Waals surface area contributed by atoms with Crippen LogP contribution in [0.15, 0.2) is 65.3 Å². The van der Waals surface area contributed by atoms with E-state index in [1.54, 1.807) is 13.3 Å². The van der Waals surface area contributed by atoms with Gasteiger partial charge in [-0.15, -0.1) is 0 Å². The summed E-state index contributed by atoms with van der Waals surface area (Å²) in [6.45, 7) is 1.94. The van der Waals surface area contributed by atoms with Gasteiger partial charge >= 0.3 is 0 Å². The van der Waals surface area contributed by atoms with Gasteiger partial charge in [0.05, 0.1) is 18.8 Å². The molecule has 0 heterocycles. The van der Waals surface area contributed by atoms with Gasteiger partial charge in [0.1, 0.15) is 5.75 Å². The second-order valence-electron chi connectivity index (χ2n) is 6.61. The smallest absolute Gasteiger partial charge is 0.252 e. The lowest BCUT2D eigenvalue weighted by Gasteiger charge is -2.27. The number of carbonyl (C=O) groups excluding carboxylic acids is 1. The predicted octanol–water partition coefficient (Wildman–Crippen LogP) is 3.90. The number of amides is 1. The molecule has 1 amide bonds. The van der Waals surface area contributed by atoms with E-state index >= 15 is 0 Å². The third-order valence-corrected chi connectivity index (χ3v) is 4.83. The predicted molar refractivity (Wildman–Crippen MR) is 109 cm³/mol. The first-order chi connectivity index (χ1) is 13.1. The molecule has 2 aromatic carbocycles. The van der Waals surface area contributed by atoms with Gasteiger partial charge in [0.15, 0.2) is 0 Å². The van der Waals surface area contributed by atoms with E-state index in [0.29, 0.717) is 5.56 Å². The number of nitrogens with zero attached hydrogens (tertiary/aromatic N) is 1. The van der Waals surface area contributed by atoms with E-state index < -0.39 is 0 Å². The summed E-state index contributed by atoms with van der Waals surface area (Å²) < 4.78 is 5.19.